The normalized spacial score (nSPS) is 31.9. The van der Waals surface area contributed by atoms with Crippen molar-refractivity contribution in [3.8, 4) is 0 Å². The molecular formula is C16H26N2S. The van der Waals surface area contributed by atoms with Gasteiger partial charge in [0.2, 0.25) is 0 Å². The molecule has 0 radical (unpaired) electrons. The van der Waals surface area contributed by atoms with Crippen LogP contribution < -0.4 is 5.32 Å². The van der Waals surface area contributed by atoms with Crippen LogP contribution in [-0.2, 0) is 0 Å². The molecule has 3 heteroatoms. The van der Waals surface area contributed by atoms with E-state index in [1.807, 2.05) is 11.8 Å². The predicted molar refractivity (Wildman–Crippen MR) is 82.7 cm³/mol. The second kappa shape index (κ2) is 4.68. The molecule has 0 amide bonds. The van der Waals surface area contributed by atoms with Crippen molar-refractivity contribution in [2.45, 2.75) is 57.8 Å². The first-order chi connectivity index (χ1) is 9.30. The number of nitrogens with zero attached hydrogens (tertiary/aromatic N) is 1. The number of aliphatic imine (C=N–C) groups is 1. The Morgan fingerprint density at radius 2 is 1.89 bits per heavy atom. The molecule has 1 aliphatic heterocycles. The molecule has 0 aromatic heterocycles. The van der Waals surface area contributed by atoms with Crippen molar-refractivity contribution >= 4 is 16.9 Å². The van der Waals surface area contributed by atoms with Crippen LogP contribution in [0.2, 0.25) is 0 Å². The molecule has 4 rings (SSSR count). The van der Waals surface area contributed by atoms with E-state index in [0.717, 1.165) is 12.5 Å². The van der Waals surface area contributed by atoms with Crippen molar-refractivity contribution in [2.24, 2.45) is 21.7 Å². The van der Waals surface area contributed by atoms with E-state index in [4.69, 9.17) is 4.99 Å². The highest BCUT2D eigenvalue weighted by Crippen LogP contribution is 2.60. The van der Waals surface area contributed by atoms with Gasteiger partial charge >= 0.3 is 0 Å². The van der Waals surface area contributed by atoms with Crippen molar-refractivity contribution in [3.63, 3.8) is 0 Å². The fraction of sp³-hybridized carbons (Fsp3) is 0.938. The third-order valence-electron chi connectivity index (χ3n) is 5.91. The van der Waals surface area contributed by atoms with E-state index in [1.165, 1.54) is 75.3 Å². The largest absolute Gasteiger partial charge is 0.364 e. The van der Waals surface area contributed by atoms with Crippen molar-refractivity contribution in [1.29, 1.82) is 0 Å². The van der Waals surface area contributed by atoms with Crippen LogP contribution in [0.15, 0.2) is 4.99 Å². The van der Waals surface area contributed by atoms with Crippen LogP contribution in [0.5, 0.6) is 0 Å². The van der Waals surface area contributed by atoms with Crippen molar-refractivity contribution in [2.75, 3.05) is 18.8 Å². The van der Waals surface area contributed by atoms with Crippen LogP contribution in [0.25, 0.3) is 0 Å². The van der Waals surface area contributed by atoms with Crippen molar-refractivity contribution in [1.82, 2.24) is 5.32 Å². The maximum absolute atomic E-state index is 4.89. The third-order valence-corrected chi connectivity index (χ3v) is 7.22. The summed E-state index contributed by atoms with van der Waals surface area (Å²) in [5, 5.41) is 4.93. The maximum atomic E-state index is 4.89. The Morgan fingerprint density at radius 3 is 2.47 bits per heavy atom. The summed E-state index contributed by atoms with van der Waals surface area (Å²) in [7, 11) is 0. The molecule has 1 spiro atoms. The van der Waals surface area contributed by atoms with Gasteiger partial charge < -0.3 is 5.32 Å². The summed E-state index contributed by atoms with van der Waals surface area (Å²) in [6, 6.07) is 0. The first-order valence-corrected chi connectivity index (χ1v) is 9.20. The topological polar surface area (TPSA) is 24.4 Å². The zero-order chi connectivity index (χ0) is 12.8. The number of hydrogen-bond donors (Lipinski definition) is 1. The lowest BCUT2D eigenvalue weighted by Gasteiger charge is -2.38. The summed E-state index contributed by atoms with van der Waals surface area (Å²) in [6.45, 7) is 2.30. The Hall–Kier alpha value is -0.180. The molecule has 1 heterocycles. The van der Waals surface area contributed by atoms with Gasteiger partial charge in [-0.05, 0) is 55.3 Å². The molecule has 3 aliphatic carbocycles. The molecule has 2 nitrogen and oxygen atoms in total. The molecule has 0 aromatic carbocycles. The predicted octanol–water partition coefficient (Wildman–Crippen LogP) is 3.82. The molecule has 1 N–H and O–H groups in total. The van der Waals surface area contributed by atoms with E-state index in [1.54, 1.807) is 0 Å². The number of nitrogens with one attached hydrogen (secondary N) is 1. The zero-order valence-corrected chi connectivity index (χ0v) is 12.7. The summed E-state index contributed by atoms with van der Waals surface area (Å²) in [5.74, 6) is 2.37. The van der Waals surface area contributed by atoms with Gasteiger partial charge in [0, 0.05) is 18.8 Å². The van der Waals surface area contributed by atoms with Gasteiger partial charge in [0.15, 0.2) is 5.17 Å². The zero-order valence-electron chi connectivity index (χ0n) is 11.9. The van der Waals surface area contributed by atoms with Gasteiger partial charge in [0.1, 0.15) is 0 Å². The van der Waals surface area contributed by atoms with Gasteiger partial charge in [-0.2, -0.15) is 0 Å². The molecule has 3 fully saturated rings. The SMILES string of the molecule is C1CCC2(CC1)CN=C(NCC1(C3CC3)CC1)SC2. The van der Waals surface area contributed by atoms with Crippen LogP contribution in [-0.4, -0.2) is 24.0 Å². The third kappa shape index (κ3) is 2.55. The minimum Gasteiger partial charge on any atom is -0.364 e. The number of rotatable bonds is 3. The summed E-state index contributed by atoms with van der Waals surface area (Å²) >= 11 is 2.01. The van der Waals surface area contributed by atoms with E-state index >= 15 is 0 Å². The Labute approximate surface area is 121 Å². The van der Waals surface area contributed by atoms with Crippen LogP contribution in [0, 0.1) is 16.7 Å². The average Bonchev–Trinajstić information content (AvgIpc) is 3.32. The first-order valence-electron chi connectivity index (χ1n) is 8.22. The van der Waals surface area contributed by atoms with Gasteiger partial charge in [0.05, 0.1) is 0 Å². The van der Waals surface area contributed by atoms with Crippen LogP contribution in [0.1, 0.15) is 57.8 Å². The molecule has 0 unspecified atom stereocenters. The molecule has 0 saturated heterocycles. The first kappa shape index (κ1) is 12.6. The van der Waals surface area contributed by atoms with Crippen molar-refractivity contribution < 1.29 is 0 Å². The van der Waals surface area contributed by atoms with Gasteiger partial charge in [-0.3, -0.25) is 4.99 Å². The van der Waals surface area contributed by atoms with E-state index in [-0.39, 0.29) is 0 Å². The molecule has 4 aliphatic rings. The molecule has 0 bridgehead atoms. The summed E-state index contributed by atoms with van der Waals surface area (Å²) in [6.07, 6.45) is 13.1. The van der Waals surface area contributed by atoms with Crippen molar-refractivity contribution in [3.05, 3.63) is 0 Å². The Morgan fingerprint density at radius 1 is 1.11 bits per heavy atom. The number of thioether (sulfide) groups is 1. The van der Waals surface area contributed by atoms with Gasteiger partial charge in [-0.25, -0.2) is 0 Å². The number of hydrogen-bond acceptors (Lipinski definition) is 3. The highest BCUT2D eigenvalue weighted by Gasteiger charge is 2.53. The molecule has 3 saturated carbocycles. The minimum atomic E-state index is 0.571. The maximum Gasteiger partial charge on any atom is 0.156 e. The van der Waals surface area contributed by atoms with Crippen LogP contribution in [0.3, 0.4) is 0 Å². The molecule has 0 atom stereocenters. The van der Waals surface area contributed by atoms with Crippen LogP contribution >= 0.6 is 11.8 Å². The standard InChI is InChI=1S/C16H26N2S/c1-2-6-15(7-3-1)10-17-14(19-12-15)18-11-16(8-9-16)13-4-5-13/h13H,1-12H2,(H,17,18). The lowest BCUT2D eigenvalue weighted by atomic mass is 9.75. The molecule has 19 heavy (non-hydrogen) atoms. The lowest BCUT2D eigenvalue weighted by Crippen LogP contribution is -2.38. The van der Waals surface area contributed by atoms with Gasteiger partial charge in [-0.1, -0.05) is 31.0 Å². The Balaban J connectivity index is 1.31. The number of amidine groups is 1. The fourth-order valence-electron chi connectivity index (χ4n) is 4.10. The second-order valence-electron chi connectivity index (χ2n) is 7.46. The average molecular weight is 278 g/mol. The fourth-order valence-corrected chi connectivity index (χ4v) is 5.25. The molecule has 106 valence electrons. The summed E-state index contributed by atoms with van der Waals surface area (Å²) < 4.78 is 0. The Bertz CT molecular complexity index is 376. The Kier molecular flexibility index (Phi) is 3.09. The van der Waals surface area contributed by atoms with E-state index < -0.39 is 0 Å². The smallest absolute Gasteiger partial charge is 0.156 e. The van der Waals surface area contributed by atoms with Crippen LogP contribution in [0.4, 0.5) is 0 Å². The van der Waals surface area contributed by atoms with E-state index in [0.29, 0.717) is 10.8 Å². The monoisotopic (exact) mass is 278 g/mol. The van der Waals surface area contributed by atoms with Gasteiger partial charge in [0.25, 0.3) is 0 Å². The second-order valence-corrected chi connectivity index (χ2v) is 8.42. The molecule has 0 aromatic rings. The highest BCUT2D eigenvalue weighted by atomic mass is 32.2. The highest BCUT2D eigenvalue weighted by molar-refractivity contribution is 8.13. The minimum absolute atomic E-state index is 0.571. The lowest BCUT2D eigenvalue weighted by molar-refractivity contribution is 0.232. The molecular weight excluding hydrogens is 252 g/mol. The summed E-state index contributed by atoms with van der Waals surface area (Å²) in [4.78, 5) is 4.89. The van der Waals surface area contributed by atoms with Gasteiger partial charge in [-0.15, -0.1) is 0 Å². The van der Waals surface area contributed by atoms with E-state index in [2.05, 4.69) is 5.32 Å². The summed E-state index contributed by atoms with van der Waals surface area (Å²) in [5.41, 5.74) is 1.27. The van der Waals surface area contributed by atoms with E-state index in [9.17, 15) is 0 Å². The quantitative estimate of drug-likeness (QED) is 0.848.